The SMILES string of the molecule is CC1=C(C)C(C)(C)[C]([Zr]([C]2=C(C)C(C)=C(C)C2(C)C)[SiH](C)C)=C1C.F.F. The Labute approximate surface area is 168 Å². The Morgan fingerprint density at radius 2 is 0.846 bits per heavy atom. The maximum absolute atomic E-state index is 2.63. The average Bonchev–Trinajstić information content (AvgIpc) is 2.71. The van der Waals surface area contributed by atoms with Crippen molar-refractivity contribution >= 4 is 5.92 Å². The van der Waals surface area contributed by atoms with E-state index in [1.807, 2.05) is 6.56 Å². The van der Waals surface area contributed by atoms with Crippen molar-refractivity contribution in [3.63, 3.8) is 0 Å². The van der Waals surface area contributed by atoms with Crippen molar-refractivity contribution in [3.05, 3.63) is 40.0 Å². The van der Waals surface area contributed by atoms with E-state index in [2.05, 4.69) is 82.3 Å². The van der Waals surface area contributed by atoms with Crippen molar-refractivity contribution in [2.24, 2.45) is 10.8 Å². The van der Waals surface area contributed by atoms with Gasteiger partial charge in [-0.3, -0.25) is 9.41 Å². The van der Waals surface area contributed by atoms with Crippen LogP contribution in [0.4, 0.5) is 9.41 Å². The van der Waals surface area contributed by atoms with Gasteiger partial charge in [-0.05, 0) is 0 Å². The normalized spacial score (nSPS) is 21.6. The zero-order chi connectivity index (χ0) is 18.8. The smallest absolute Gasteiger partial charge is 0.269 e. The van der Waals surface area contributed by atoms with Gasteiger partial charge in [0.1, 0.15) is 0 Å². The van der Waals surface area contributed by atoms with Crippen LogP contribution in [0.25, 0.3) is 0 Å². The Morgan fingerprint density at radius 1 is 0.577 bits per heavy atom. The second-order valence-electron chi connectivity index (χ2n) is 9.32. The van der Waals surface area contributed by atoms with E-state index in [4.69, 9.17) is 0 Å². The summed E-state index contributed by atoms with van der Waals surface area (Å²) in [6.45, 7) is 29.6. The second-order valence-corrected chi connectivity index (χ2v) is 28.1. The number of hydrogen-bond acceptors (Lipinski definition) is 0. The number of halogens is 2. The van der Waals surface area contributed by atoms with Gasteiger partial charge in [-0.2, -0.15) is 0 Å². The summed E-state index contributed by atoms with van der Waals surface area (Å²) in [5.41, 5.74) is 10.3. The molecule has 2 aliphatic rings. The molecule has 0 saturated heterocycles. The molecule has 0 N–H and O–H groups in total. The van der Waals surface area contributed by atoms with Crippen molar-refractivity contribution in [2.75, 3.05) is 0 Å². The van der Waals surface area contributed by atoms with E-state index in [0.29, 0.717) is 0 Å². The first-order chi connectivity index (χ1) is 10.8. The summed E-state index contributed by atoms with van der Waals surface area (Å²) in [6.07, 6.45) is 0. The first kappa shape index (κ1) is 25.9. The third-order valence-corrected chi connectivity index (χ3v) is 27.9. The molecule has 0 unspecified atom stereocenters. The summed E-state index contributed by atoms with van der Waals surface area (Å²) in [4.78, 5) is 0. The summed E-state index contributed by atoms with van der Waals surface area (Å²) in [6, 6.07) is 0. The van der Waals surface area contributed by atoms with Gasteiger partial charge in [-0.25, -0.2) is 0 Å². The van der Waals surface area contributed by atoms with Crippen LogP contribution in [-0.2, 0) is 20.9 Å². The van der Waals surface area contributed by atoms with Gasteiger partial charge in [0.25, 0.3) is 0 Å². The third kappa shape index (κ3) is 3.50. The molecule has 0 radical (unpaired) electrons. The fourth-order valence-electron chi connectivity index (χ4n) is 4.97. The molecule has 0 atom stereocenters. The zero-order valence-corrected chi connectivity index (χ0v) is 22.5. The van der Waals surface area contributed by atoms with E-state index in [9.17, 15) is 0 Å². The van der Waals surface area contributed by atoms with E-state index < -0.39 is 26.8 Å². The minimum absolute atomic E-state index is 0. The minimum Gasteiger partial charge on any atom is -0.269 e. The van der Waals surface area contributed by atoms with Gasteiger partial charge in [0.05, 0.1) is 0 Å². The van der Waals surface area contributed by atoms with Gasteiger partial charge in [0.2, 0.25) is 0 Å². The van der Waals surface area contributed by atoms with E-state index in [1.54, 1.807) is 33.4 Å². The topological polar surface area (TPSA) is 0 Å². The van der Waals surface area contributed by atoms with Gasteiger partial charge >= 0.3 is 160 Å². The maximum atomic E-state index is 2.63. The van der Waals surface area contributed by atoms with Gasteiger partial charge in [-0.15, -0.1) is 0 Å². The molecule has 0 fully saturated rings. The van der Waals surface area contributed by atoms with Gasteiger partial charge < -0.3 is 0 Å². The molecule has 0 heterocycles. The van der Waals surface area contributed by atoms with Crippen LogP contribution in [-0.4, -0.2) is 5.92 Å². The first-order valence-corrected chi connectivity index (χ1v) is 19.0. The molecule has 0 amide bonds. The minimum atomic E-state index is -1.86. The summed E-state index contributed by atoms with van der Waals surface area (Å²) in [7, 11) is 0. The zero-order valence-electron chi connectivity index (χ0n) is 18.9. The van der Waals surface area contributed by atoms with Crippen molar-refractivity contribution in [1.29, 1.82) is 0 Å². The second kappa shape index (κ2) is 8.11. The standard InChI is InChI=1S/2C10H15.C2H7Si.2FH.Zr/c2*1-7-6-10(4,5)9(3)8(7)2;1-3-2;;;/h2*1-5H3;3H,1-2H3;2*1H;. The molecule has 0 bridgehead atoms. The Hall–Kier alpha value is -0.0800. The van der Waals surface area contributed by atoms with Gasteiger partial charge in [-0.1, -0.05) is 0 Å². The Balaban J connectivity index is 0.00000312. The summed E-state index contributed by atoms with van der Waals surface area (Å²) in [5.74, 6) is -0.715. The molecular formula is C22H39F2SiZr. The van der Waals surface area contributed by atoms with E-state index in [1.165, 1.54) is 0 Å². The Bertz CT molecular complexity index is 660. The van der Waals surface area contributed by atoms with Crippen LogP contribution >= 0.6 is 0 Å². The molecule has 0 saturated carbocycles. The monoisotopic (exact) mass is 459 g/mol. The van der Waals surface area contributed by atoms with Crippen LogP contribution in [0.15, 0.2) is 40.0 Å². The molecule has 0 aromatic rings. The molecule has 4 heteroatoms. The quantitative estimate of drug-likeness (QED) is 0.391. The average molecular weight is 461 g/mol. The van der Waals surface area contributed by atoms with E-state index in [0.717, 1.165) is 0 Å². The molecule has 0 spiro atoms. The van der Waals surface area contributed by atoms with Crippen LogP contribution in [0.2, 0.25) is 13.1 Å². The summed E-state index contributed by atoms with van der Waals surface area (Å²) >= 11 is -1.86. The predicted molar refractivity (Wildman–Crippen MR) is 114 cm³/mol. The maximum Gasteiger partial charge on any atom is -0.269 e. The van der Waals surface area contributed by atoms with E-state index >= 15 is 0 Å². The van der Waals surface area contributed by atoms with Crippen molar-refractivity contribution < 1.29 is 30.3 Å². The largest absolute Gasteiger partial charge is 0.269 e. The summed E-state index contributed by atoms with van der Waals surface area (Å²) in [5, 5.41) is 0. The molecule has 149 valence electrons. The molecule has 0 aromatic heterocycles. The predicted octanol–water partition coefficient (Wildman–Crippen LogP) is 7.19. The van der Waals surface area contributed by atoms with Crippen LogP contribution in [0.1, 0.15) is 69.2 Å². The molecular weight excluding hydrogens is 422 g/mol. The summed E-state index contributed by atoms with van der Waals surface area (Å²) < 4.78 is 3.85. The van der Waals surface area contributed by atoms with Crippen LogP contribution < -0.4 is 0 Å². The van der Waals surface area contributed by atoms with Gasteiger partial charge in [0.15, 0.2) is 0 Å². The van der Waals surface area contributed by atoms with Crippen molar-refractivity contribution in [3.8, 4) is 0 Å². The molecule has 0 aliphatic heterocycles. The number of allylic oxidation sites excluding steroid dienone is 8. The van der Waals surface area contributed by atoms with Crippen LogP contribution in [0.3, 0.4) is 0 Å². The third-order valence-electron chi connectivity index (χ3n) is 7.24. The van der Waals surface area contributed by atoms with Crippen molar-refractivity contribution in [2.45, 2.75) is 82.3 Å². The van der Waals surface area contributed by atoms with Crippen LogP contribution in [0, 0.1) is 10.8 Å². The number of rotatable bonds is 3. The van der Waals surface area contributed by atoms with E-state index in [-0.39, 0.29) is 20.2 Å². The first-order valence-electron chi connectivity index (χ1n) is 9.44. The Kier molecular flexibility index (Phi) is 8.09. The van der Waals surface area contributed by atoms with Gasteiger partial charge in [0, 0.05) is 0 Å². The molecule has 0 aromatic carbocycles. The molecule has 2 aliphatic carbocycles. The molecule has 0 nitrogen and oxygen atoms in total. The number of hydrogen-bond donors (Lipinski definition) is 0. The molecule has 26 heavy (non-hydrogen) atoms. The fourth-order valence-corrected chi connectivity index (χ4v) is 29.2. The van der Waals surface area contributed by atoms with Crippen LogP contribution in [0.5, 0.6) is 0 Å². The Morgan fingerprint density at radius 3 is 1.00 bits per heavy atom. The fraction of sp³-hybridized carbons (Fsp3) is 0.636. The van der Waals surface area contributed by atoms with Crippen molar-refractivity contribution in [1.82, 2.24) is 0 Å². The molecule has 2 rings (SSSR count).